The Morgan fingerprint density at radius 3 is 2.40 bits per heavy atom. The molecule has 4 nitrogen and oxygen atoms in total. The largest absolute Gasteiger partial charge is 0.392 e. The summed E-state index contributed by atoms with van der Waals surface area (Å²) in [6, 6.07) is 8.01. The van der Waals surface area contributed by atoms with Crippen LogP contribution in [-0.2, 0) is 26.7 Å². The van der Waals surface area contributed by atoms with Gasteiger partial charge in [0.2, 0.25) is 0 Å². The van der Waals surface area contributed by atoms with Crippen LogP contribution in [0.4, 0.5) is 0 Å². The molecule has 1 aromatic carbocycles. The monoisotopic (exact) mass is 273 g/mol. The highest BCUT2D eigenvalue weighted by atomic mass is 16.3. The summed E-state index contributed by atoms with van der Waals surface area (Å²) < 4.78 is 1.88. The van der Waals surface area contributed by atoms with E-state index >= 15 is 0 Å². The quantitative estimate of drug-likeness (QED) is 0.849. The highest BCUT2D eigenvalue weighted by Gasteiger charge is 2.10. The number of aryl methyl sites for hydroxylation is 1. The molecule has 0 unspecified atom stereocenters. The van der Waals surface area contributed by atoms with Crippen molar-refractivity contribution in [3.63, 3.8) is 0 Å². The van der Waals surface area contributed by atoms with Crippen LogP contribution in [0.25, 0.3) is 0 Å². The van der Waals surface area contributed by atoms with Gasteiger partial charge in [0.25, 0.3) is 0 Å². The third kappa shape index (κ3) is 3.68. The molecule has 0 saturated carbocycles. The van der Waals surface area contributed by atoms with E-state index in [0.29, 0.717) is 5.92 Å². The van der Waals surface area contributed by atoms with Gasteiger partial charge in [0.1, 0.15) is 0 Å². The highest BCUT2D eigenvalue weighted by molar-refractivity contribution is 5.23. The second kappa shape index (κ2) is 6.68. The zero-order valence-corrected chi connectivity index (χ0v) is 12.4. The fraction of sp³-hybridized carbons (Fsp3) is 0.438. The summed E-state index contributed by atoms with van der Waals surface area (Å²) in [5.74, 6) is 0.442. The van der Waals surface area contributed by atoms with Crippen LogP contribution >= 0.6 is 0 Å². The van der Waals surface area contributed by atoms with E-state index in [1.807, 2.05) is 36.0 Å². The maximum atomic E-state index is 9.01. The van der Waals surface area contributed by atoms with Gasteiger partial charge < -0.3 is 10.4 Å². The van der Waals surface area contributed by atoms with Crippen LogP contribution < -0.4 is 5.32 Å². The molecule has 20 heavy (non-hydrogen) atoms. The van der Waals surface area contributed by atoms with Gasteiger partial charge in [-0.05, 0) is 17.0 Å². The fourth-order valence-electron chi connectivity index (χ4n) is 2.28. The Balaban J connectivity index is 1.92. The molecular weight excluding hydrogens is 250 g/mol. The van der Waals surface area contributed by atoms with Gasteiger partial charge in [-0.1, -0.05) is 38.1 Å². The van der Waals surface area contributed by atoms with E-state index in [0.717, 1.165) is 24.3 Å². The summed E-state index contributed by atoms with van der Waals surface area (Å²) in [6.07, 6.45) is 2.08. The first-order valence-corrected chi connectivity index (χ1v) is 7.02. The number of benzene rings is 1. The Kier molecular flexibility index (Phi) is 4.93. The number of aliphatic hydroxyl groups is 1. The first-order chi connectivity index (χ1) is 9.60. The van der Waals surface area contributed by atoms with Gasteiger partial charge in [-0.2, -0.15) is 5.10 Å². The van der Waals surface area contributed by atoms with E-state index < -0.39 is 0 Å². The first kappa shape index (κ1) is 14.8. The van der Waals surface area contributed by atoms with Crippen molar-refractivity contribution in [2.45, 2.75) is 39.5 Å². The highest BCUT2D eigenvalue weighted by Crippen LogP contribution is 2.17. The van der Waals surface area contributed by atoms with Gasteiger partial charge in [-0.25, -0.2) is 0 Å². The van der Waals surface area contributed by atoms with Crippen LogP contribution in [0.15, 0.2) is 30.5 Å². The fourth-order valence-corrected chi connectivity index (χ4v) is 2.28. The average Bonchev–Trinajstić information content (AvgIpc) is 2.81. The molecule has 0 aliphatic rings. The molecule has 0 amide bonds. The summed E-state index contributed by atoms with van der Waals surface area (Å²) in [4.78, 5) is 0. The predicted molar refractivity (Wildman–Crippen MR) is 80.2 cm³/mol. The molecule has 0 saturated heterocycles. The first-order valence-electron chi connectivity index (χ1n) is 7.02. The number of aromatic nitrogens is 2. The normalized spacial score (nSPS) is 11.2. The molecule has 2 N–H and O–H groups in total. The van der Waals surface area contributed by atoms with Crippen LogP contribution in [0.1, 0.15) is 42.1 Å². The molecule has 0 aliphatic heterocycles. The molecule has 0 bridgehead atoms. The minimum absolute atomic E-state index is 0.0984. The summed E-state index contributed by atoms with van der Waals surface area (Å²) in [5, 5.41) is 17.0. The zero-order chi connectivity index (χ0) is 14.5. The Bertz CT molecular complexity index is 543. The van der Waals surface area contributed by atoms with E-state index in [1.165, 1.54) is 11.1 Å². The molecule has 1 aromatic heterocycles. The van der Waals surface area contributed by atoms with E-state index in [-0.39, 0.29) is 6.61 Å². The topological polar surface area (TPSA) is 50.1 Å². The molecule has 4 heteroatoms. The molecule has 2 aromatic rings. The summed E-state index contributed by atoms with van der Waals surface area (Å²) in [7, 11) is 1.96. The van der Waals surface area contributed by atoms with Gasteiger partial charge in [-0.15, -0.1) is 0 Å². The lowest BCUT2D eigenvalue weighted by molar-refractivity contribution is 0.282. The molecule has 0 radical (unpaired) electrons. The zero-order valence-electron chi connectivity index (χ0n) is 12.4. The summed E-state index contributed by atoms with van der Waals surface area (Å²) >= 11 is 0. The molecular formula is C16H23N3O. The third-order valence-electron chi connectivity index (χ3n) is 3.33. The van der Waals surface area contributed by atoms with Crippen molar-refractivity contribution in [1.82, 2.24) is 15.1 Å². The van der Waals surface area contributed by atoms with E-state index in [2.05, 4.69) is 30.5 Å². The molecule has 108 valence electrons. The number of rotatable bonds is 6. The van der Waals surface area contributed by atoms with E-state index in [1.54, 1.807) is 0 Å². The molecule has 0 spiro atoms. The SMILES string of the molecule is CC(C)c1nn(C)cc1CNCc1ccc(CO)cc1. The van der Waals surface area contributed by atoms with Crippen molar-refractivity contribution in [3.05, 3.63) is 52.8 Å². The van der Waals surface area contributed by atoms with Crippen LogP contribution in [-0.4, -0.2) is 14.9 Å². The van der Waals surface area contributed by atoms with Crippen LogP contribution in [0.2, 0.25) is 0 Å². The van der Waals surface area contributed by atoms with E-state index in [9.17, 15) is 0 Å². The second-order valence-corrected chi connectivity index (χ2v) is 5.45. The van der Waals surface area contributed by atoms with Crippen LogP contribution in [0.5, 0.6) is 0 Å². The number of hydrogen-bond acceptors (Lipinski definition) is 3. The lowest BCUT2D eigenvalue weighted by Gasteiger charge is -2.07. The van der Waals surface area contributed by atoms with E-state index in [4.69, 9.17) is 5.11 Å². The number of aliphatic hydroxyl groups excluding tert-OH is 1. The second-order valence-electron chi connectivity index (χ2n) is 5.45. The Labute approximate surface area is 120 Å². The van der Waals surface area contributed by atoms with Crippen molar-refractivity contribution in [2.24, 2.45) is 7.05 Å². The predicted octanol–water partition coefficient (Wildman–Crippen LogP) is 2.33. The van der Waals surface area contributed by atoms with Crippen molar-refractivity contribution >= 4 is 0 Å². The minimum atomic E-state index is 0.0984. The number of hydrogen-bond donors (Lipinski definition) is 2. The molecule has 2 rings (SSSR count). The average molecular weight is 273 g/mol. The summed E-state index contributed by atoms with van der Waals surface area (Å²) in [6.45, 7) is 6.07. The van der Waals surface area contributed by atoms with Gasteiger partial charge in [0, 0.05) is 31.9 Å². The molecule has 0 atom stereocenters. The van der Waals surface area contributed by atoms with Gasteiger partial charge in [0.05, 0.1) is 12.3 Å². The standard InChI is InChI=1S/C16H23N3O/c1-12(2)16-15(10-19(3)18-16)9-17-8-13-4-6-14(11-20)7-5-13/h4-7,10,12,17,20H,8-9,11H2,1-3H3. The smallest absolute Gasteiger partial charge is 0.0694 e. The number of nitrogens with zero attached hydrogens (tertiary/aromatic N) is 2. The van der Waals surface area contributed by atoms with Crippen LogP contribution in [0.3, 0.4) is 0 Å². The van der Waals surface area contributed by atoms with Gasteiger partial charge in [0.15, 0.2) is 0 Å². The maximum absolute atomic E-state index is 9.01. The maximum Gasteiger partial charge on any atom is 0.0694 e. The van der Waals surface area contributed by atoms with Crippen LogP contribution in [0, 0.1) is 0 Å². The van der Waals surface area contributed by atoms with Crippen molar-refractivity contribution in [3.8, 4) is 0 Å². The lowest BCUT2D eigenvalue weighted by atomic mass is 10.1. The van der Waals surface area contributed by atoms with Gasteiger partial charge >= 0.3 is 0 Å². The Morgan fingerprint density at radius 2 is 1.80 bits per heavy atom. The van der Waals surface area contributed by atoms with Crippen molar-refractivity contribution in [1.29, 1.82) is 0 Å². The van der Waals surface area contributed by atoms with Crippen molar-refractivity contribution in [2.75, 3.05) is 0 Å². The molecule has 0 fully saturated rings. The minimum Gasteiger partial charge on any atom is -0.392 e. The van der Waals surface area contributed by atoms with Gasteiger partial charge in [-0.3, -0.25) is 4.68 Å². The molecule has 1 heterocycles. The number of nitrogens with one attached hydrogen (secondary N) is 1. The lowest BCUT2D eigenvalue weighted by Crippen LogP contribution is -2.13. The summed E-state index contributed by atoms with van der Waals surface area (Å²) in [5.41, 5.74) is 4.59. The third-order valence-corrected chi connectivity index (χ3v) is 3.33. The van der Waals surface area contributed by atoms with Crippen molar-refractivity contribution < 1.29 is 5.11 Å². The Hall–Kier alpha value is -1.65. The molecule has 0 aliphatic carbocycles. The Morgan fingerprint density at radius 1 is 1.15 bits per heavy atom.